The second-order valence-electron chi connectivity index (χ2n) is 3.70. The lowest BCUT2D eigenvalue weighted by molar-refractivity contribution is 0.601. The van der Waals surface area contributed by atoms with Crippen molar-refractivity contribution in [3.8, 4) is 6.07 Å². The smallest absolute Gasteiger partial charge is 0.263 e. The standard InChI is InChI=1S/C12H7BrClN3O2S/c13-12-10(2-1-5-16-12)17-20(18,19)11-6-9(14)4-3-8(11)7-15/h1-6,17H. The number of hydrogen-bond donors (Lipinski definition) is 1. The number of halogens is 2. The minimum atomic E-state index is -3.93. The maximum Gasteiger partial charge on any atom is 0.263 e. The highest BCUT2D eigenvalue weighted by molar-refractivity contribution is 9.10. The van der Waals surface area contributed by atoms with Crippen molar-refractivity contribution in [3.05, 3.63) is 51.7 Å². The Labute approximate surface area is 129 Å². The first-order chi connectivity index (χ1) is 9.44. The number of nitrogens with zero attached hydrogens (tertiary/aromatic N) is 2. The summed E-state index contributed by atoms with van der Waals surface area (Å²) in [6, 6.07) is 9.00. The fourth-order valence-electron chi connectivity index (χ4n) is 1.47. The summed E-state index contributed by atoms with van der Waals surface area (Å²) < 4.78 is 27.3. The fourth-order valence-corrected chi connectivity index (χ4v) is 3.44. The van der Waals surface area contributed by atoms with Crippen molar-refractivity contribution < 1.29 is 8.42 Å². The third-order valence-electron chi connectivity index (χ3n) is 2.36. The summed E-state index contributed by atoms with van der Waals surface area (Å²) in [6.45, 7) is 0. The van der Waals surface area contributed by atoms with E-state index in [1.807, 2.05) is 6.07 Å². The molecule has 1 aromatic heterocycles. The van der Waals surface area contributed by atoms with Crippen LogP contribution in [0.1, 0.15) is 5.56 Å². The first kappa shape index (κ1) is 14.8. The topological polar surface area (TPSA) is 82.8 Å². The quantitative estimate of drug-likeness (QED) is 0.839. The van der Waals surface area contributed by atoms with Crippen molar-refractivity contribution in [3.63, 3.8) is 0 Å². The zero-order valence-corrected chi connectivity index (χ0v) is 13.0. The number of anilines is 1. The van der Waals surface area contributed by atoms with Crippen LogP contribution in [0.4, 0.5) is 5.69 Å². The lowest BCUT2D eigenvalue weighted by atomic mass is 10.2. The summed E-state index contributed by atoms with van der Waals surface area (Å²) in [5.74, 6) is 0. The molecular weight excluding hydrogens is 366 g/mol. The molecule has 1 aromatic carbocycles. The highest BCUT2D eigenvalue weighted by Gasteiger charge is 2.20. The van der Waals surface area contributed by atoms with Gasteiger partial charge in [-0.3, -0.25) is 4.72 Å². The van der Waals surface area contributed by atoms with Crippen LogP contribution in [0.5, 0.6) is 0 Å². The van der Waals surface area contributed by atoms with Crippen molar-refractivity contribution in [1.29, 1.82) is 5.26 Å². The average Bonchev–Trinajstić information content (AvgIpc) is 2.41. The van der Waals surface area contributed by atoms with Gasteiger partial charge in [0.15, 0.2) is 0 Å². The van der Waals surface area contributed by atoms with E-state index in [9.17, 15) is 8.42 Å². The van der Waals surface area contributed by atoms with E-state index in [0.29, 0.717) is 4.60 Å². The van der Waals surface area contributed by atoms with Gasteiger partial charge in [0, 0.05) is 11.2 Å². The van der Waals surface area contributed by atoms with Gasteiger partial charge in [0.05, 0.1) is 11.3 Å². The highest BCUT2D eigenvalue weighted by atomic mass is 79.9. The Balaban J connectivity index is 2.49. The average molecular weight is 373 g/mol. The molecule has 0 aliphatic rings. The normalized spacial score (nSPS) is 10.8. The molecule has 0 unspecified atom stereocenters. The van der Waals surface area contributed by atoms with Gasteiger partial charge in [-0.25, -0.2) is 13.4 Å². The molecule has 2 aromatic rings. The molecule has 0 aliphatic carbocycles. The van der Waals surface area contributed by atoms with Gasteiger partial charge in [-0.2, -0.15) is 5.26 Å². The van der Waals surface area contributed by atoms with E-state index >= 15 is 0 Å². The lowest BCUT2D eigenvalue weighted by Gasteiger charge is -2.10. The summed E-state index contributed by atoms with van der Waals surface area (Å²) in [4.78, 5) is 3.74. The first-order valence-electron chi connectivity index (χ1n) is 5.27. The number of aromatic nitrogens is 1. The Morgan fingerprint density at radius 1 is 1.35 bits per heavy atom. The number of hydrogen-bond acceptors (Lipinski definition) is 4. The molecule has 0 aliphatic heterocycles. The molecular formula is C12H7BrClN3O2S. The summed E-state index contributed by atoms with van der Waals surface area (Å²) in [6.07, 6.45) is 1.52. The Hall–Kier alpha value is -1.62. The van der Waals surface area contributed by atoms with E-state index in [0.717, 1.165) is 0 Å². The largest absolute Gasteiger partial charge is 0.277 e. The maximum atomic E-state index is 12.3. The SMILES string of the molecule is N#Cc1ccc(Cl)cc1S(=O)(=O)Nc1cccnc1Br. The van der Waals surface area contributed by atoms with Crippen LogP contribution in [0.25, 0.3) is 0 Å². The predicted octanol–water partition coefficient (Wildman–Crippen LogP) is 3.17. The van der Waals surface area contributed by atoms with E-state index < -0.39 is 10.0 Å². The molecule has 0 atom stereocenters. The zero-order chi connectivity index (χ0) is 14.8. The molecule has 0 amide bonds. The van der Waals surface area contributed by atoms with Crippen LogP contribution >= 0.6 is 27.5 Å². The fraction of sp³-hybridized carbons (Fsp3) is 0. The Morgan fingerprint density at radius 2 is 2.10 bits per heavy atom. The maximum absolute atomic E-state index is 12.3. The van der Waals surface area contributed by atoms with Crippen LogP contribution in [0, 0.1) is 11.3 Å². The highest BCUT2D eigenvalue weighted by Crippen LogP contribution is 2.25. The summed E-state index contributed by atoms with van der Waals surface area (Å²) in [7, 11) is -3.93. The molecule has 5 nitrogen and oxygen atoms in total. The number of nitriles is 1. The van der Waals surface area contributed by atoms with Crippen molar-refractivity contribution >= 4 is 43.2 Å². The molecule has 0 saturated heterocycles. The zero-order valence-electron chi connectivity index (χ0n) is 9.84. The molecule has 0 fully saturated rings. The number of pyridine rings is 1. The van der Waals surface area contributed by atoms with Gasteiger partial charge in [0.2, 0.25) is 0 Å². The molecule has 0 spiro atoms. The van der Waals surface area contributed by atoms with Crippen molar-refractivity contribution in [1.82, 2.24) is 4.98 Å². The number of sulfonamides is 1. The third-order valence-corrected chi connectivity index (χ3v) is 4.63. The molecule has 0 radical (unpaired) electrons. The van der Waals surface area contributed by atoms with Gasteiger partial charge in [0.1, 0.15) is 15.6 Å². The van der Waals surface area contributed by atoms with Crippen molar-refractivity contribution in [2.75, 3.05) is 4.72 Å². The van der Waals surface area contributed by atoms with Crippen LogP contribution < -0.4 is 4.72 Å². The molecule has 0 bridgehead atoms. The van der Waals surface area contributed by atoms with Gasteiger partial charge in [-0.05, 0) is 46.3 Å². The second-order valence-corrected chi connectivity index (χ2v) is 6.54. The van der Waals surface area contributed by atoms with Crippen LogP contribution in [0.3, 0.4) is 0 Å². The Bertz CT molecular complexity index is 803. The molecule has 102 valence electrons. The Kier molecular flexibility index (Phi) is 4.28. The van der Waals surface area contributed by atoms with Gasteiger partial charge in [0.25, 0.3) is 10.0 Å². The second kappa shape index (κ2) is 5.79. The van der Waals surface area contributed by atoms with Crippen LogP contribution in [-0.4, -0.2) is 13.4 Å². The summed E-state index contributed by atoms with van der Waals surface area (Å²) in [5.41, 5.74) is 0.290. The summed E-state index contributed by atoms with van der Waals surface area (Å²) >= 11 is 8.93. The molecule has 2 rings (SSSR count). The molecule has 0 saturated carbocycles. The summed E-state index contributed by atoms with van der Waals surface area (Å²) in [5, 5.41) is 9.22. The van der Waals surface area contributed by atoms with Crippen molar-refractivity contribution in [2.24, 2.45) is 0 Å². The van der Waals surface area contributed by atoms with E-state index in [4.69, 9.17) is 16.9 Å². The number of nitrogens with one attached hydrogen (secondary N) is 1. The van der Waals surface area contributed by atoms with Crippen LogP contribution in [-0.2, 0) is 10.0 Å². The third kappa shape index (κ3) is 3.10. The van der Waals surface area contributed by atoms with Crippen molar-refractivity contribution in [2.45, 2.75) is 4.90 Å². The molecule has 1 heterocycles. The monoisotopic (exact) mass is 371 g/mol. The first-order valence-corrected chi connectivity index (χ1v) is 7.92. The predicted molar refractivity (Wildman–Crippen MR) is 78.9 cm³/mol. The Morgan fingerprint density at radius 3 is 2.75 bits per heavy atom. The van der Waals surface area contributed by atoms with Gasteiger partial charge >= 0.3 is 0 Å². The van der Waals surface area contributed by atoms with Gasteiger partial charge in [-0.15, -0.1) is 0 Å². The molecule has 20 heavy (non-hydrogen) atoms. The molecule has 8 heteroatoms. The minimum absolute atomic E-state index is 0.0157. The van der Waals surface area contributed by atoms with E-state index in [2.05, 4.69) is 25.6 Å². The minimum Gasteiger partial charge on any atom is -0.277 e. The van der Waals surface area contributed by atoms with E-state index in [-0.39, 0.29) is 21.2 Å². The van der Waals surface area contributed by atoms with Gasteiger partial charge < -0.3 is 0 Å². The molecule has 1 N–H and O–H groups in total. The number of rotatable bonds is 3. The van der Waals surface area contributed by atoms with E-state index in [1.54, 1.807) is 12.1 Å². The van der Waals surface area contributed by atoms with E-state index in [1.165, 1.54) is 24.4 Å². The van der Waals surface area contributed by atoms with Crippen LogP contribution in [0.2, 0.25) is 5.02 Å². The van der Waals surface area contributed by atoms with Gasteiger partial charge in [-0.1, -0.05) is 11.6 Å². The number of benzene rings is 1. The lowest BCUT2D eigenvalue weighted by Crippen LogP contribution is -2.15. The van der Waals surface area contributed by atoms with Crippen LogP contribution in [0.15, 0.2) is 46.0 Å².